The summed E-state index contributed by atoms with van der Waals surface area (Å²) in [5.74, 6) is 0.693. The number of fused-ring (bicyclic) bond motifs is 2. The molecule has 6 rings (SSSR count). The van der Waals surface area contributed by atoms with E-state index in [0.717, 1.165) is 38.9 Å². The van der Waals surface area contributed by atoms with Gasteiger partial charge in [0.1, 0.15) is 29.2 Å². The number of hydrogen-bond acceptors (Lipinski definition) is 8. The van der Waals surface area contributed by atoms with Crippen molar-refractivity contribution in [2.75, 3.05) is 23.8 Å². The quantitative estimate of drug-likeness (QED) is 0.233. The Balaban J connectivity index is 1.55. The van der Waals surface area contributed by atoms with Crippen LogP contribution < -0.4 is 15.4 Å². The van der Waals surface area contributed by atoms with E-state index in [4.69, 9.17) is 20.2 Å². The number of pyridine rings is 1. The summed E-state index contributed by atoms with van der Waals surface area (Å²) >= 11 is 0. The Morgan fingerprint density at radius 1 is 0.977 bits per heavy atom. The normalized spacial score (nSPS) is 12.8. The minimum atomic E-state index is -0.643. The Morgan fingerprint density at radius 2 is 1.65 bits per heavy atom. The zero-order chi connectivity index (χ0) is 30.1. The summed E-state index contributed by atoms with van der Waals surface area (Å²) in [7, 11) is 0. The molecule has 0 unspecified atom stereocenters. The van der Waals surface area contributed by atoms with Crippen LogP contribution in [0, 0.1) is 6.92 Å². The molecule has 216 valence electrons. The van der Waals surface area contributed by atoms with E-state index in [1.54, 1.807) is 17.2 Å². The Labute approximate surface area is 250 Å². The first-order chi connectivity index (χ1) is 20.7. The van der Waals surface area contributed by atoms with Crippen molar-refractivity contribution in [3.05, 3.63) is 102 Å². The van der Waals surface area contributed by atoms with Gasteiger partial charge < -0.3 is 15.2 Å². The predicted molar refractivity (Wildman–Crippen MR) is 169 cm³/mol. The summed E-state index contributed by atoms with van der Waals surface area (Å²) in [4.78, 5) is 24.6. The Morgan fingerprint density at radius 3 is 2.30 bits per heavy atom. The van der Waals surface area contributed by atoms with E-state index in [1.807, 2.05) is 100 Å². The molecular formula is C34H32N6O3. The number of carbonyl (C=O) groups excluding carboxylic acids is 1. The smallest absolute Gasteiger partial charge is 0.415 e. The number of aliphatic imine (C=N–C) groups is 1. The van der Waals surface area contributed by atoms with Crippen LogP contribution in [0.25, 0.3) is 22.0 Å². The van der Waals surface area contributed by atoms with Crippen LogP contribution in [-0.2, 0) is 4.74 Å². The van der Waals surface area contributed by atoms with Gasteiger partial charge in [-0.3, -0.25) is 4.90 Å². The second-order valence-electron chi connectivity index (χ2n) is 11.3. The summed E-state index contributed by atoms with van der Waals surface area (Å²) in [6, 6.07) is 25.8. The molecule has 0 spiro atoms. The first-order valence-electron chi connectivity index (χ1n) is 14.1. The van der Waals surface area contributed by atoms with Gasteiger partial charge in [-0.2, -0.15) is 0 Å². The number of ether oxygens (including phenoxy) is 2. The number of aromatic nitrogens is 3. The van der Waals surface area contributed by atoms with E-state index in [1.165, 1.54) is 0 Å². The molecule has 1 amide bonds. The lowest BCUT2D eigenvalue weighted by Crippen LogP contribution is -2.42. The van der Waals surface area contributed by atoms with Crippen LogP contribution >= 0.6 is 0 Å². The highest BCUT2D eigenvalue weighted by Crippen LogP contribution is 2.41. The maximum Gasteiger partial charge on any atom is 0.415 e. The van der Waals surface area contributed by atoms with Crippen LogP contribution in [0.1, 0.15) is 37.5 Å². The molecule has 0 bridgehead atoms. The molecule has 3 aromatic carbocycles. The number of hydrogen-bond donors (Lipinski definition) is 1. The van der Waals surface area contributed by atoms with Crippen LogP contribution in [0.5, 0.6) is 5.88 Å². The van der Waals surface area contributed by atoms with Crippen molar-refractivity contribution in [2.24, 2.45) is 4.99 Å². The van der Waals surface area contributed by atoms with Gasteiger partial charge in [-0.05, 0) is 57.0 Å². The van der Waals surface area contributed by atoms with Gasteiger partial charge in [-0.15, -0.1) is 10.2 Å². The van der Waals surface area contributed by atoms with Gasteiger partial charge in [0, 0.05) is 28.3 Å². The fraction of sp³-hybridized carbons (Fsp3) is 0.206. The van der Waals surface area contributed by atoms with Crippen LogP contribution in [0.15, 0.2) is 90.1 Å². The van der Waals surface area contributed by atoms with Crippen LogP contribution in [-0.4, -0.2) is 45.7 Å². The molecule has 43 heavy (non-hydrogen) atoms. The molecule has 0 fully saturated rings. The Bertz CT molecular complexity index is 1810. The largest absolute Gasteiger partial charge is 0.474 e. The number of nitrogens with two attached hydrogens (primary N) is 1. The summed E-state index contributed by atoms with van der Waals surface area (Å²) in [5, 5.41) is 9.34. The fourth-order valence-electron chi connectivity index (χ4n) is 5.13. The van der Waals surface area contributed by atoms with Crippen molar-refractivity contribution in [2.45, 2.75) is 33.3 Å². The van der Waals surface area contributed by atoms with Gasteiger partial charge in [0.05, 0.1) is 17.9 Å². The van der Waals surface area contributed by atoms with E-state index < -0.39 is 11.7 Å². The molecule has 1 aliphatic rings. The molecule has 0 radical (unpaired) electrons. The highest BCUT2D eigenvalue weighted by molar-refractivity contribution is 6.15. The molecule has 1 aliphatic heterocycles. The molecular weight excluding hydrogens is 540 g/mol. The van der Waals surface area contributed by atoms with Crippen molar-refractivity contribution in [1.29, 1.82) is 0 Å². The van der Waals surface area contributed by atoms with Crippen LogP contribution in [0.2, 0.25) is 0 Å². The van der Waals surface area contributed by atoms with Crippen LogP contribution in [0.4, 0.5) is 22.0 Å². The average molecular weight is 573 g/mol. The average Bonchev–Trinajstić information content (AvgIpc) is 2.99. The van der Waals surface area contributed by atoms with E-state index in [0.29, 0.717) is 41.7 Å². The van der Waals surface area contributed by atoms with Gasteiger partial charge in [0.25, 0.3) is 0 Å². The molecule has 9 heteroatoms. The molecule has 3 heterocycles. The van der Waals surface area contributed by atoms with Gasteiger partial charge in [-0.25, -0.2) is 14.8 Å². The molecule has 2 aromatic heterocycles. The SMILES string of the molecule is Cc1c(-c2cc(N=C(c3ccccc3)c3ccccc3)c3nnc(N)cc3c2)cnc2c1N(C(=O)OC(C)(C)C)CCO2. The van der Waals surface area contributed by atoms with E-state index in [2.05, 4.69) is 15.2 Å². The first-order valence-corrected chi connectivity index (χ1v) is 14.1. The summed E-state index contributed by atoms with van der Waals surface area (Å²) in [5.41, 5.74) is 12.5. The molecule has 0 atom stereocenters. The predicted octanol–water partition coefficient (Wildman–Crippen LogP) is 6.89. The third kappa shape index (κ3) is 5.74. The number of anilines is 2. The summed E-state index contributed by atoms with van der Waals surface area (Å²) in [6.45, 7) is 8.17. The van der Waals surface area contributed by atoms with Gasteiger partial charge in [0.2, 0.25) is 5.88 Å². The standard InChI is InChI=1S/C34H32N6O3/c1-21-26(20-36-32-31(21)40(15-16-42-32)33(41)43-34(2,3)4)24-17-25-19-28(35)38-39-30(25)27(18-24)37-29(22-11-7-5-8-12-22)23-13-9-6-10-14-23/h5-14,17-20H,15-16H2,1-4H3,(H2,35,38). The zero-order valence-electron chi connectivity index (χ0n) is 24.5. The minimum absolute atomic E-state index is 0.302. The monoisotopic (exact) mass is 572 g/mol. The second-order valence-corrected chi connectivity index (χ2v) is 11.3. The van der Waals surface area contributed by atoms with Crippen molar-refractivity contribution < 1.29 is 14.3 Å². The number of amides is 1. The highest BCUT2D eigenvalue weighted by atomic mass is 16.6. The van der Waals surface area contributed by atoms with E-state index >= 15 is 0 Å². The van der Waals surface area contributed by atoms with Gasteiger partial charge in [-0.1, -0.05) is 60.7 Å². The van der Waals surface area contributed by atoms with Crippen molar-refractivity contribution in [3.8, 4) is 17.0 Å². The third-order valence-corrected chi connectivity index (χ3v) is 7.04. The number of nitrogens with zero attached hydrogens (tertiary/aromatic N) is 5. The summed E-state index contributed by atoms with van der Waals surface area (Å²) < 4.78 is 11.6. The molecule has 0 saturated carbocycles. The zero-order valence-corrected chi connectivity index (χ0v) is 24.5. The van der Waals surface area contributed by atoms with Crippen molar-refractivity contribution >= 4 is 39.9 Å². The number of benzene rings is 3. The van der Waals surface area contributed by atoms with Crippen molar-refractivity contribution in [3.63, 3.8) is 0 Å². The maximum atomic E-state index is 13.2. The molecule has 5 aromatic rings. The third-order valence-electron chi connectivity index (χ3n) is 7.04. The Kier molecular flexibility index (Phi) is 7.23. The fourth-order valence-corrected chi connectivity index (χ4v) is 5.13. The molecule has 2 N–H and O–H groups in total. The van der Waals surface area contributed by atoms with Gasteiger partial charge in [0.15, 0.2) is 0 Å². The van der Waals surface area contributed by atoms with Crippen LogP contribution in [0.3, 0.4) is 0 Å². The Hall–Kier alpha value is -5.31. The van der Waals surface area contributed by atoms with Crippen molar-refractivity contribution in [1.82, 2.24) is 15.2 Å². The highest BCUT2D eigenvalue weighted by Gasteiger charge is 2.31. The molecule has 0 saturated heterocycles. The first kappa shape index (κ1) is 27.8. The lowest BCUT2D eigenvalue weighted by Gasteiger charge is -2.32. The molecule has 0 aliphatic carbocycles. The number of carbonyl (C=O) groups is 1. The molecule has 9 nitrogen and oxygen atoms in total. The number of rotatable bonds is 4. The topological polar surface area (TPSA) is 116 Å². The summed E-state index contributed by atoms with van der Waals surface area (Å²) in [6.07, 6.45) is 1.32. The van der Waals surface area contributed by atoms with E-state index in [9.17, 15) is 4.79 Å². The lowest BCUT2D eigenvalue weighted by molar-refractivity contribution is 0.0566. The second kappa shape index (κ2) is 11.2. The maximum absolute atomic E-state index is 13.2. The number of nitrogen functional groups attached to an aromatic ring is 1. The lowest BCUT2D eigenvalue weighted by atomic mass is 9.98. The van der Waals surface area contributed by atoms with E-state index in [-0.39, 0.29) is 0 Å². The minimum Gasteiger partial charge on any atom is -0.474 e. The van der Waals surface area contributed by atoms with Gasteiger partial charge >= 0.3 is 6.09 Å².